The Kier molecular flexibility index (Phi) is 2.77. The summed E-state index contributed by atoms with van der Waals surface area (Å²) in [5.74, 6) is 0. The van der Waals surface area contributed by atoms with Crippen molar-refractivity contribution in [3.8, 4) is 0 Å². The Morgan fingerprint density at radius 3 is 2.67 bits per heavy atom. The molecule has 2 rings (SSSR count). The Bertz CT molecular complexity index is 459. The van der Waals surface area contributed by atoms with Crippen LogP contribution in [0, 0.1) is 6.92 Å². The smallest absolute Gasteiger partial charge is 0.0730 e. The standard InChI is InChI=1S/C9H12BrN5/c1-7-9(11)5-13-15(7)3-2-14-6-8(10)4-12-14/h4-6H,2-3,11H2,1H3. The lowest BCUT2D eigenvalue weighted by molar-refractivity contribution is 0.492. The van der Waals surface area contributed by atoms with Gasteiger partial charge < -0.3 is 5.73 Å². The van der Waals surface area contributed by atoms with Crippen molar-refractivity contribution in [1.82, 2.24) is 19.6 Å². The van der Waals surface area contributed by atoms with E-state index in [1.165, 1.54) is 0 Å². The summed E-state index contributed by atoms with van der Waals surface area (Å²) in [5, 5.41) is 8.34. The molecule has 80 valence electrons. The summed E-state index contributed by atoms with van der Waals surface area (Å²) < 4.78 is 4.73. The van der Waals surface area contributed by atoms with Crippen molar-refractivity contribution in [3.05, 3.63) is 28.8 Å². The van der Waals surface area contributed by atoms with E-state index in [9.17, 15) is 0 Å². The minimum absolute atomic E-state index is 0.733. The first-order valence-electron chi connectivity index (χ1n) is 4.62. The normalized spacial score (nSPS) is 10.8. The number of nitrogens with zero attached hydrogens (tertiary/aromatic N) is 4. The van der Waals surface area contributed by atoms with Crippen molar-refractivity contribution in [1.29, 1.82) is 0 Å². The Morgan fingerprint density at radius 1 is 1.33 bits per heavy atom. The van der Waals surface area contributed by atoms with E-state index in [1.807, 2.05) is 22.5 Å². The predicted octanol–water partition coefficient (Wildman–Crippen LogP) is 1.43. The minimum Gasteiger partial charge on any atom is -0.396 e. The molecule has 15 heavy (non-hydrogen) atoms. The number of nitrogens with two attached hydrogens (primary N) is 1. The summed E-state index contributed by atoms with van der Waals surface area (Å²) in [5.41, 5.74) is 7.43. The van der Waals surface area contributed by atoms with Gasteiger partial charge in [-0.15, -0.1) is 0 Å². The monoisotopic (exact) mass is 269 g/mol. The quantitative estimate of drug-likeness (QED) is 0.917. The number of aromatic nitrogens is 4. The van der Waals surface area contributed by atoms with Gasteiger partial charge in [0.05, 0.1) is 41.3 Å². The molecule has 0 aliphatic heterocycles. The maximum absolute atomic E-state index is 5.70. The summed E-state index contributed by atoms with van der Waals surface area (Å²) in [6.07, 6.45) is 5.38. The Hall–Kier alpha value is -1.30. The second kappa shape index (κ2) is 4.06. The largest absolute Gasteiger partial charge is 0.396 e. The van der Waals surface area contributed by atoms with Crippen LogP contribution in [0.2, 0.25) is 0 Å². The number of aryl methyl sites for hydroxylation is 2. The highest BCUT2D eigenvalue weighted by Gasteiger charge is 2.02. The van der Waals surface area contributed by atoms with Gasteiger partial charge in [-0.1, -0.05) is 0 Å². The first-order chi connectivity index (χ1) is 7.16. The molecule has 0 unspecified atom stereocenters. The van der Waals surface area contributed by atoms with Gasteiger partial charge in [-0.3, -0.25) is 9.36 Å². The fraction of sp³-hybridized carbons (Fsp3) is 0.333. The third-order valence-corrected chi connectivity index (χ3v) is 2.69. The van der Waals surface area contributed by atoms with E-state index < -0.39 is 0 Å². The molecule has 0 fully saturated rings. The van der Waals surface area contributed by atoms with Crippen LogP contribution in [0.15, 0.2) is 23.1 Å². The topological polar surface area (TPSA) is 61.7 Å². The van der Waals surface area contributed by atoms with E-state index in [-0.39, 0.29) is 0 Å². The summed E-state index contributed by atoms with van der Waals surface area (Å²) in [6, 6.07) is 0. The molecule has 2 N–H and O–H groups in total. The van der Waals surface area contributed by atoms with E-state index in [1.54, 1.807) is 12.4 Å². The van der Waals surface area contributed by atoms with Gasteiger partial charge >= 0.3 is 0 Å². The molecule has 0 spiro atoms. The molecule has 0 amide bonds. The summed E-state index contributed by atoms with van der Waals surface area (Å²) in [6.45, 7) is 3.52. The Labute approximate surface area is 96.0 Å². The molecule has 0 saturated carbocycles. The Balaban J connectivity index is 2.02. The maximum atomic E-state index is 5.70. The van der Waals surface area contributed by atoms with E-state index in [4.69, 9.17) is 5.73 Å². The van der Waals surface area contributed by atoms with Crippen LogP contribution < -0.4 is 5.73 Å². The number of hydrogen-bond acceptors (Lipinski definition) is 3. The minimum atomic E-state index is 0.733. The summed E-state index contributed by atoms with van der Waals surface area (Å²) in [7, 11) is 0. The fourth-order valence-electron chi connectivity index (χ4n) is 1.34. The van der Waals surface area contributed by atoms with Crippen molar-refractivity contribution in [3.63, 3.8) is 0 Å². The second-order valence-electron chi connectivity index (χ2n) is 3.33. The SMILES string of the molecule is Cc1c(N)cnn1CCn1cc(Br)cn1. The van der Waals surface area contributed by atoms with Gasteiger partial charge in [0, 0.05) is 6.20 Å². The molecule has 0 bridgehead atoms. The van der Waals surface area contributed by atoms with E-state index in [0.717, 1.165) is 28.9 Å². The van der Waals surface area contributed by atoms with Gasteiger partial charge in [-0.2, -0.15) is 10.2 Å². The lowest BCUT2D eigenvalue weighted by Crippen LogP contribution is -2.10. The van der Waals surface area contributed by atoms with Crippen molar-refractivity contribution in [2.24, 2.45) is 0 Å². The highest BCUT2D eigenvalue weighted by molar-refractivity contribution is 9.10. The molecule has 0 radical (unpaired) electrons. The number of anilines is 1. The van der Waals surface area contributed by atoms with E-state index in [2.05, 4.69) is 26.1 Å². The van der Waals surface area contributed by atoms with Crippen molar-refractivity contribution in [2.75, 3.05) is 5.73 Å². The van der Waals surface area contributed by atoms with Crippen LogP contribution in [0.4, 0.5) is 5.69 Å². The van der Waals surface area contributed by atoms with Crippen LogP contribution in [-0.4, -0.2) is 19.6 Å². The number of hydrogen-bond donors (Lipinski definition) is 1. The van der Waals surface area contributed by atoms with Crippen LogP contribution in [0.3, 0.4) is 0 Å². The zero-order chi connectivity index (χ0) is 10.8. The summed E-state index contributed by atoms with van der Waals surface area (Å²) >= 11 is 3.35. The summed E-state index contributed by atoms with van der Waals surface area (Å²) in [4.78, 5) is 0. The van der Waals surface area contributed by atoms with Gasteiger partial charge in [0.15, 0.2) is 0 Å². The molecule has 0 aromatic carbocycles. The van der Waals surface area contributed by atoms with Gasteiger partial charge in [0.1, 0.15) is 0 Å². The second-order valence-corrected chi connectivity index (χ2v) is 4.25. The van der Waals surface area contributed by atoms with Crippen molar-refractivity contribution >= 4 is 21.6 Å². The molecule has 2 heterocycles. The number of halogens is 1. The average Bonchev–Trinajstić information content (AvgIpc) is 2.74. The third kappa shape index (κ3) is 2.20. The highest BCUT2D eigenvalue weighted by atomic mass is 79.9. The lowest BCUT2D eigenvalue weighted by atomic mass is 10.4. The zero-order valence-corrected chi connectivity index (χ0v) is 9.98. The molecule has 6 heteroatoms. The highest BCUT2D eigenvalue weighted by Crippen LogP contribution is 2.09. The van der Waals surface area contributed by atoms with Gasteiger partial charge in [-0.05, 0) is 22.9 Å². The molecule has 5 nitrogen and oxygen atoms in total. The predicted molar refractivity (Wildman–Crippen MR) is 61.3 cm³/mol. The first kappa shape index (κ1) is 10.2. The van der Waals surface area contributed by atoms with Gasteiger partial charge in [-0.25, -0.2) is 0 Å². The number of nitrogen functional groups attached to an aromatic ring is 1. The van der Waals surface area contributed by atoms with Crippen LogP contribution in [-0.2, 0) is 13.1 Å². The van der Waals surface area contributed by atoms with E-state index in [0.29, 0.717) is 0 Å². The van der Waals surface area contributed by atoms with Gasteiger partial charge in [0.25, 0.3) is 0 Å². The van der Waals surface area contributed by atoms with Crippen LogP contribution in [0.1, 0.15) is 5.69 Å². The molecular weight excluding hydrogens is 258 g/mol. The first-order valence-corrected chi connectivity index (χ1v) is 5.42. The van der Waals surface area contributed by atoms with Crippen LogP contribution >= 0.6 is 15.9 Å². The average molecular weight is 270 g/mol. The molecular formula is C9H12BrN5. The zero-order valence-electron chi connectivity index (χ0n) is 8.39. The third-order valence-electron chi connectivity index (χ3n) is 2.28. The molecule has 2 aromatic rings. The molecule has 0 saturated heterocycles. The Morgan fingerprint density at radius 2 is 2.13 bits per heavy atom. The van der Waals surface area contributed by atoms with Crippen LogP contribution in [0.5, 0.6) is 0 Å². The van der Waals surface area contributed by atoms with Crippen molar-refractivity contribution in [2.45, 2.75) is 20.0 Å². The van der Waals surface area contributed by atoms with Gasteiger partial charge in [0.2, 0.25) is 0 Å². The maximum Gasteiger partial charge on any atom is 0.0730 e. The van der Waals surface area contributed by atoms with E-state index >= 15 is 0 Å². The molecule has 2 aromatic heterocycles. The molecule has 0 aliphatic rings. The lowest BCUT2D eigenvalue weighted by Gasteiger charge is -2.04. The fourth-order valence-corrected chi connectivity index (χ4v) is 1.67. The number of rotatable bonds is 3. The molecule has 0 aliphatic carbocycles. The van der Waals surface area contributed by atoms with Crippen molar-refractivity contribution < 1.29 is 0 Å². The van der Waals surface area contributed by atoms with Crippen LogP contribution in [0.25, 0.3) is 0 Å². The molecule has 0 atom stereocenters.